The molecule has 0 bridgehead atoms. The lowest BCUT2D eigenvalue weighted by atomic mass is 10.4. The van der Waals surface area contributed by atoms with Gasteiger partial charge in [0.2, 0.25) is 9.84 Å². The zero-order valence-electron chi connectivity index (χ0n) is 12.2. The maximum atomic E-state index is 13.0. The Hall–Kier alpha value is -2.55. The van der Waals surface area contributed by atoms with Crippen molar-refractivity contribution >= 4 is 15.9 Å². The summed E-state index contributed by atoms with van der Waals surface area (Å²) in [6.07, 6.45) is 1.20. The van der Waals surface area contributed by atoms with E-state index in [4.69, 9.17) is 0 Å². The first-order valence-corrected chi connectivity index (χ1v) is 8.13. The molecule has 0 fully saturated rings. The molecule has 7 nitrogen and oxygen atoms in total. The molecule has 0 saturated heterocycles. The molecule has 1 aromatic carbocycles. The fourth-order valence-electron chi connectivity index (χ4n) is 2.38. The zero-order valence-corrected chi connectivity index (χ0v) is 13.0. The van der Waals surface area contributed by atoms with E-state index in [-0.39, 0.29) is 15.6 Å². The van der Waals surface area contributed by atoms with Crippen LogP contribution in [0.5, 0.6) is 0 Å². The van der Waals surface area contributed by atoms with E-state index in [1.807, 2.05) is 0 Å². The number of hydrogen-bond acceptors (Lipinski definition) is 5. The van der Waals surface area contributed by atoms with Crippen LogP contribution in [0.25, 0.3) is 6.08 Å². The van der Waals surface area contributed by atoms with Gasteiger partial charge in [0.05, 0.1) is 10.1 Å². The Bertz CT molecular complexity index is 1140. The maximum absolute atomic E-state index is 13.0. The molecule has 0 radical (unpaired) electrons. The monoisotopic (exact) mass is 337 g/mol. The molecular weight excluding hydrogens is 325 g/mol. The lowest BCUT2D eigenvalue weighted by Crippen LogP contribution is -2.55. The van der Waals surface area contributed by atoms with Crippen molar-refractivity contribution in [1.29, 1.82) is 0 Å². The van der Waals surface area contributed by atoms with Crippen molar-refractivity contribution in [1.82, 2.24) is 9.13 Å². The van der Waals surface area contributed by atoms with Gasteiger partial charge in [0, 0.05) is 14.1 Å². The Morgan fingerprint density at radius 2 is 1.70 bits per heavy atom. The summed E-state index contributed by atoms with van der Waals surface area (Å²) in [6, 6.07) is 4.33. The predicted molar refractivity (Wildman–Crippen MR) is 79.5 cm³/mol. The molecule has 0 spiro atoms. The molecule has 9 heteroatoms. The smallest absolute Gasteiger partial charge is 0.281 e. The number of hydrogen-bond donors (Lipinski definition) is 0. The van der Waals surface area contributed by atoms with Gasteiger partial charge in [0.15, 0.2) is 5.37 Å². The number of rotatable bonds is 2. The minimum atomic E-state index is -3.93. The largest absolute Gasteiger partial charge is 0.332 e. The van der Waals surface area contributed by atoms with E-state index >= 15 is 0 Å². The van der Waals surface area contributed by atoms with E-state index in [0.29, 0.717) is 0 Å². The summed E-state index contributed by atoms with van der Waals surface area (Å²) in [5.74, 6) is -0.559. The Kier molecular flexibility index (Phi) is 3.33. The third-order valence-corrected chi connectivity index (χ3v) is 5.49. The van der Waals surface area contributed by atoms with Crippen molar-refractivity contribution in [2.24, 2.45) is 19.1 Å². The van der Waals surface area contributed by atoms with Gasteiger partial charge < -0.3 is 0 Å². The van der Waals surface area contributed by atoms with Crippen LogP contribution < -0.4 is 22.0 Å². The van der Waals surface area contributed by atoms with Crippen molar-refractivity contribution < 1.29 is 12.8 Å². The average molecular weight is 337 g/mol. The number of fused-ring (bicyclic) bond motifs is 1. The van der Waals surface area contributed by atoms with E-state index in [0.717, 1.165) is 33.4 Å². The van der Waals surface area contributed by atoms with Crippen LogP contribution in [0, 0.1) is 5.82 Å². The van der Waals surface area contributed by atoms with Crippen LogP contribution in [0.3, 0.4) is 0 Å². The van der Waals surface area contributed by atoms with Gasteiger partial charge in [0.25, 0.3) is 5.56 Å². The van der Waals surface area contributed by atoms with Crippen LogP contribution in [-0.2, 0) is 23.9 Å². The number of benzene rings is 1. The van der Waals surface area contributed by atoms with Crippen LogP contribution in [-0.4, -0.2) is 22.9 Å². The predicted octanol–water partition coefficient (Wildman–Crippen LogP) is -1.56. The van der Waals surface area contributed by atoms with E-state index in [9.17, 15) is 22.4 Å². The molecule has 1 aliphatic heterocycles. The summed E-state index contributed by atoms with van der Waals surface area (Å²) in [7, 11) is -1.22. The Balaban J connectivity index is 2.25. The SMILES string of the molecule is Cn1c(=O)c2c(n(C)c1=O)=NC(S(=O)(=O)c1ccc(F)cc1)C=2. The molecular formula is C14H12FN3O4S. The highest BCUT2D eigenvalue weighted by Crippen LogP contribution is 2.18. The summed E-state index contributed by atoms with van der Waals surface area (Å²) in [6.45, 7) is 0. The van der Waals surface area contributed by atoms with Crippen LogP contribution in [0.1, 0.15) is 0 Å². The molecule has 1 aromatic heterocycles. The second kappa shape index (κ2) is 4.98. The summed E-state index contributed by atoms with van der Waals surface area (Å²) in [5, 5.41) is -1.27. The minimum absolute atomic E-state index is 0.0220. The Morgan fingerprint density at radius 3 is 2.30 bits per heavy atom. The highest BCUT2D eigenvalue weighted by Gasteiger charge is 2.29. The van der Waals surface area contributed by atoms with Crippen LogP contribution in [0.4, 0.5) is 4.39 Å². The number of aromatic nitrogens is 2. The standard InChI is InChI=1S/C14H12FN3O4S/c1-17-12-10(13(19)18(2)14(17)20)7-11(16-12)23(21,22)9-5-3-8(15)4-6-9/h3-7,11H,1-2H3. The number of halogens is 1. The van der Waals surface area contributed by atoms with Gasteiger partial charge in [-0.15, -0.1) is 0 Å². The molecule has 0 saturated carbocycles. The van der Waals surface area contributed by atoms with Gasteiger partial charge in [-0.3, -0.25) is 13.9 Å². The van der Waals surface area contributed by atoms with Crippen LogP contribution in [0.15, 0.2) is 43.7 Å². The van der Waals surface area contributed by atoms with Crippen molar-refractivity contribution in [3.63, 3.8) is 0 Å². The molecule has 120 valence electrons. The normalized spacial score (nSPS) is 16.6. The van der Waals surface area contributed by atoms with Gasteiger partial charge in [-0.05, 0) is 30.3 Å². The summed E-state index contributed by atoms with van der Waals surface area (Å²) in [5.41, 5.74) is -1.18. The van der Waals surface area contributed by atoms with Crippen molar-refractivity contribution in [3.8, 4) is 0 Å². The highest BCUT2D eigenvalue weighted by atomic mass is 32.2. The number of sulfone groups is 1. The fraction of sp³-hybridized carbons (Fsp3) is 0.214. The molecule has 23 heavy (non-hydrogen) atoms. The lowest BCUT2D eigenvalue weighted by Gasteiger charge is -2.07. The molecule has 0 amide bonds. The van der Waals surface area contributed by atoms with Crippen molar-refractivity contribution in [3.05, 3.63) is 61.6 Å². The third kappa shape index (κ3) is 2.24. The second-order valence-corrected chi connectivity index (χ2v) is 7.17. The van der Waals surface area contributed by atoms with Crippen molar-refractivity contribution in [2.75, 3.05) is 0 Å². The van der Waals surface area contributed by atoms with E-state index in [2.05, 4.69) is 4.99 Å². The maximum Gasteiger partial charge on any atom is 0.332 e. The van der Waals surface area contributed by atoms with Gasteiger partial charge in [-0.25, -0.2) is 22.6 Å². The van der Waals surface area contributed by atoms with Gasteiger partial charge in [-0.1, -0.05) is 0 Å². The molecule has 2 heterocycles. The zero-order chi connectivity index (χ0) is 16.9. The van der Waals surface area contributed by atoms with E-state index in [1.54, 1.807) is 0 Å². The first kappa shape index (κ1) is 15.3. The number of nitrogens with zero attached hydrogens (tertiary/aromatic N) is 3. The molecule has 3 rings (SSSR count). The van der Waals surface area contributed by atoms with Crippen LogP contribution in [0.2, 0.25) is 0 Å². The quantitative estimate of drug-likeness (QED) is 0.620. The summed E-state index contributed by atoms with van der Waals surface area (Å²) in [4.78, 5) is 27.9. The Morgan fingerprint density at radius 1 is 1.09 bits per heavy atom. The molecule has 1 atom stereocenters. The molecule has 0 aliphatic carbocycles. The first-order chi connectivity index (χ1) is 10.7. The first-order valence-electron chi connectivity index (χ1n) is 6.58. The van der Waals surface area contributed by atoms with Gasteiger partial charge in [-0.2, -0.15) is 0 Å². The van der Waals surface area contributed by atoms with E-state index < -0.39 is 32.3 Å². The molecule has 2 aromatic rings. The minimum Gasteiger partial charge on any atom is -0.281 e. The highest BCUT2D eigenvalue weighted by molar-refractivity contribution is 7.92. The lowest BCUT2D eigenvalue weighted by molar-refractivity contribution is 0.588. The van der Waals surface area contributed by atoms with E-state index in [1.165, 1.54) is 20.2 Å². The topological polar surface area (TPSA) is 90.5 Å². The van der Waals surface area contributed by atoms with Gasteiger partial charge >= 0.3 is 5.69 Å². The summed E-state index contributed by atoms with van der Waals surface area (Å²) < 4.78 is 40.1. The van der Waals surface area contributed by atoms with Gasteiger partial charge in [0.1, 0.15) is 11.3 Å². The molecule has 1 aliphatic rings. The Labute approximate surface area is 129 Å². The third-order valence-electron chi connectivity index (χ3n) is 3.69. The van der Waals surface area contributed by atoms with Crippen molar-refractivity contribution in [2.45, 2.75) is 10.3 Å². The van der Waals surface area contributed by atoms with Crippen LogP contribution >= 0.6 is 0 Å². The molecule has 1 unspecified atom stereocenters. The fourth-order valence-corrected chi connectivity index (χ4v) is 3.73. The second-order valence-electron chi connectivity index (χ2n) is 5.13. The average Bonchev–Trinajstić information content (AvgIpc) is 2.97. The summed E-state index contributed by atoms with van der Waals surface area (Å²) >= 11 is 0. The molecule has 0 N–H and O–H groups in total.